The maximum atomic E-state index is 12.9. The van der Waals surface area contributed by atoms with E-state index in [9.17, 15) is 24.5 Å². The second-order valence-electron chi connectivity index (χ2n) is 6.88. The molecular weight excluding hydrogens is 435 g/mol. The summed E-state index contributed by atoms with van der Waals surface area (Å²) in [6.45, 7) is 2.47. The maximum Gasteiger partial charge on any atom is 0.325 e. The summed E-state index contributed by atoms with van der Waals surface area (Å²) in [5.41, 5.74) is -0.686. The van der Waals surface area contributed by atoms with E-state index in [0.717, 1.165) is 4.90 Å². The molecule has 1 aliphatic heterocycles. The fraction of sp³-hybridized carbons (Fsp3) is 0.211. The first kappa shape index (κ1) is 21.5. The Morgan fingerprint density at radius 2 is 1.93 bits per heavy atom. The van der Waals surface area contributed by atoms with Gasteiger partial charge in [0, 0.05) is 32.9 Å². The zero-order valence-corrected chi connectivity index (χ0v) is 17.4. The quantitative estimate of drug-likeness (QED) is 0.409. The van der Waals surface area contributed by atoms with Crippen LogP contribution in [0.5, 0.6) is 0 Å². The number of anilines is 1. The molecular formula is C19H16Cl2N4O5. The Morgan fingerprint density at radius 1 is 1.23 bits per heavy atom. The Labute approximate surface area is 181 Å². The maximum absolute atomic E-state index is 12.9. The number of aryl methyl sites for hydroxylation is 1. The van der Waals surface area contributed by atoms with E-state index in [1.165, 1.54) is 43.3 Å². The highest BCUT2D eigenvalue weighted by Crippen LogP contribution is 2.35. The van der Waals surface area contributed by atoms with Crippen LogP contribution in [0.3, 0.4) is 0 Å². The fourth-order valence-corrected chi connectivity index (χ4v) is 3.74. The van der Waals surface area contributed by atoms with Crippen LogP contribution in [0.4, 0.5) is 16.2 Å². The molecule has 0 bridgehead atoms. The van der Waals surface area contributed by atoms with E-state index in [4.69, 9.17) is 23.2 Å². The van der Waals surface area contributed by atoms with Crippen molar-refractivity contribution in [2.24, 2.45) is 0 Å². The second-order valence-corrected chi connectivity index (χ2v) is 7.72. The topological polar surface area (TPSA) is 122 Å². The average Bonchev–Trinajstić information content (AvgIpc) is 2.86. The van der Waals surface area contributed by atoms with E-state index in [1.54, 1.807) is 6.92 Å². The molecule has 0 radical (unpaired) electrons. The number of nitro benzene ring substituents is 1. The van der Waals surface area contributed by atoms with E-state index in [2.05, 4.69) is 10.6 Å². The minimum absolute atomic E-state index is 0.159. The van der Waals surface area contributed by atoms with Crippen LogP contribution in [-0.2, 0) is 15.1 Å². The van der Waals surface area contributed by atoms with Gasteiger partial charge in [-0.05, 0) is 32.0 Å². The molecule has 0 aromatic heterocycles. The van der Waals surface area contributed by atoms with Crippen molar-refractivity contribution in [3.05, 3.63) is 67.7 Å². The number of nitrogens with one attached hydrogen (secondary N) is 2. The van der Waals surface area contributed by atoms with Crippen LogP contribution in [0.1, 0.15) is 18.1 Å². The van der Waals surface area contributed by atoms with Gasteiger partial charge in [-0.3, -0.25) is 24.6 Å². The van der Waals surface area contributed by atoms with Crippen LogP contribution >= 0.6 is 23.2 Å². The largest absolute Gasteiger partial charge is 0.325 e. The van der Waals surface area contributed by atoms with Crippen molar-refractivity contribution in [3.8, 4) is 0 Å². The van der Waals surface area contributed by atoms with Gasteiger partial charge in [0.15, 0.2) is 0 Å². The molecule has 0 saturated carbocycles. The van der Waals surface area contributed by atoms with Gasteiger partial charge in [-0.2, -0.15) is 0 Å². The molecule has 1 fully saturated rings. The van der Waals surface area contributed by atoms with Crippen LogP contribution < -0.4 is 10.6 Å². The number of nitrogens with zero attached hydrogens (tertiary/aromatic N) is 2. The minimum atomic E-state index is -1.47. The second kappa shape index (κ2) is 7.92. The van der Waals surface area contributed by atoms with Crippen molar-refractivity contribution >= 4 is 52.4 Å². The van der Waals surface area contributed by atoms with E-state index in [0.29, 0.717) is 16.1 Å². The number of carbonyl (C=O) groups is 3. The van der Waals surface area contributed by atoms with Crippen LogP contribution in [0.2, 0.25) is 10.0 Å². The van der Waals surface area contributed by atoms with Crippen molar-refractivity contribution in [1.82, 2.24) is 10.2 Å². The number of imide groups is 1. The van der Waals surface area contributed by atoms with Crippen molar-refractivity contribution in [2.45, 2.75) is 19.4 Å². The lowest BCUT2D eigenvalue weighted by Gasteiger charge is -2.23. The Morgan fingerprint density at radius 3 is 2.57 bits per heavy atom. The number of hydrogen-bond acceptors (Lipinski definition) is 5. The van der Waals surface area contributed by atoms with Crippen molar-refractivity contribution in [1.29, 1.82) is 0 Å². The Bertz CT molecular complexity index is 1090. The number of halogens is 2. The van der Waals surface area contributed by atoms with Crippen LogP contribution in [0.25, 0.3) is 0 Å². The van der Waals surface area contributed by atoms with Crippen LogP contribution in [0, 0.1) is 17.0 Å². The van der Waals surface area contributed by atoms with Gasteiger partial charge in [0.05, 0.1) is 4.92 Å². The molecule has 4 amide bonds. The summed E-state index contributed by atoms with van der Waals surface area (Å²) in [6.07, 6.45) is 0. The SMILES string of the molecule is Cc1ccc(NC(=O)CN2C(=O)N[C@@](C)(c3ccc(Cl)cc3Cl)C2=O)cc1[N+](=O)[O-]. The Balaban J connectivity index is 1.78. The lowest BCUT2D eigenvalue weighted by Crippen LogP contribution is -2.42. The van der Waals surface area contributed by atoms with Gasteiger partial charge in [0.2, 0.25) is 5.91 Å². The highest BCUT2D eigenvalue weighted by atomic mass is 35.5. The van der Waals surface area contributed by atoms with Gasteiger partial charge in [-0.25, -0.2) is 4.79 Å². The molecule has 0 unspecified atom stereocenters. The molecule has 30 heavy (non-hydrogen) atoms. The predicted octanol–water partition coefficient (Wildman–Crippen LogP) is 3.62. The number of nitro groups is 1. The molecule has 2 aromatic carbocycles. The van der Waals surface area contributed by atoms with Crippen molar-refractivity contribution < 1.29 is 19.3 Å². The highest BCUT2D eigenvalue weighted by molar-refractivity contribution is 6.35. The van der Waals surface area contributed by atoms with Crippen molar-refractivity contribution in [2.75, 3.05) is 11.9 Å². The monoisotopic (exact) mass is 450 g/mol. The Hall–Kier alpha value is -3.17. The smallest absolute Gasteiger partial charge is 0.324 e. The molecule has 1 atom stereocenters. The van der Waals surface area contributed by atoms with Gasteiger partial charge < -0.3 is 10.6 Å². The highest BCUT2D eigenvalue weighted by Gasteiger charge is 2.50. The zero-order valence-electron chi connectivity index (χ0n) is 15.9. The lowest BCUT2D eigenvalue weighted by molar-refractivity contribution is -0.385. The summed E-state index contributed by atoms with van der Waals surface area (Å²) < 4.78 is 0. The number of carbonyl (C=O) groups excluding carboxylic acids is 3. The third-order valence-corrected chi connectivity index (χ3v) is 5.28. The lowest BCUT2D eigenvalue weighted by atomic mass is 9.92. The molecule has 0 aliphatic carbocycles. The molecule has 1 saturated heterocycles. The van der Waals surface area contributed by atoms with Gasteiger partial charge >= 0.3 is 6.03 Å². The van der Waals surface area contributed by atoms with E-state index >= 15 is 0 Å². The first-order chi connectivity index (χ1) is 14.0. The van der Waals surface area contributed by atoms with E-state index < -0.39 is 34.9 Å². The fourth-order valence-electron chi connectivity index (χ4n) is 3.15. The third kappa shape index (κ3) is 3.94. The predicted molar refractivity (Wildman–Crippen MR) is 111 cm³/mol. The summed E-state index contributed by atoms with van der Waals surface area (Å²) in [6, 6.07) is 7.92. The molecule has 1 heterocycles. The number of urea groups is 1. The first-order valence-electron chi connectivity index (χ1n) is 8.67. The van der Waals surface area contributed by atoms with E-state index in [1.807, 2.05) is 0 Å². The molecule has 2 aromatic rings. The van der Waals surface area contributed by atoms with Gasteiger partial charge in [0.1, 0.15) is 12.1 Å². The van der Waals surface area contributed by atoms with Crippen molar-refractivity contribution in [3.63, 3.8) is 0 Å². The van der Waals surface area contributed by atoms with Crippen LogP contribution in [0.15, 0.2) is 36.4 Å². The summed E-state index contributed by atoms with van der Waals surface area (Å²) in [5.74, 6) is -1.36. The molecule has 0 spiro atoms. The first-order valence-corrected chi connectivity index (χ1v) is 9.43. The van der Waals surface area contributed by atoms with Gasteiger partial charge in [-0.1, -0.05) is 35.3 Å². The molecule has 11 heteroatoms. The number of hydrogen-bond donors (Lipinski definition) is 2. The molecule has 2 N–H and O–H groups in total. The summed E-state index contributed by atoms with van der Waals surface area (Å²) >= 11 is 12.1. The number of amides is 4. The molecule has 1 aliphatic rings. The molecule has 156 valence electrons. The zero-order chi connectivity index (χ0) is 22.2. The summed E-state index contributed by atoms with van der Waals surface area (Å²) in [7, 11) is 0. The minimum Gasteiger partial charge on any atom is -0.324 e. The average molecular weight is 451 g/mol. The summed E-state index contributed by atoms with van der Waals surface area (Å²) in [4.78, 5) is 48.9. The van der Waals surface area contributed by atoms with E-state index in [-0.39, 0.29) is 16.4 Å². The van der Waals surface area contributed by atoms with Crippen LogP contribution in [-0.4, -0.2) is 34.2 Å². The molecule has 3 rings (SSSR count). The number of rotatable bonds is 5. The number of benzene rings is 2. The summed E-state index contributed by atoms with van der Waals surface area (Å²) in [5, 5.41) is 16.6. The van der Waals surface area contributed by atoms with Gasteiger partial charge in [0.25, 0.3) is 11.6 Å². The normalized spacial score (nSPS) is 18.3. The standard InChI is InChI=1S/C19H16Cl2N4O5/c1-10-3-5-12(8-15(10)25(29)30)22-16(26)9-24-17(27)19(2,23-18(24)28)13-6-4-11(20)7-14(13)21/h3-8H,9H2,1-2H3,(H,22,26)(H,23,28)/t19-/m0/s1. The Kier molecular flexibility index (Phi) is 5.69. The van der Waals surface area contributed by atoms with Gasteiger partial charge in [-0.15, -0.1) is 0 Å². The third-order valence-electron chi connectivity index (χ3n) is 4.74. The molecule has 9 nitrogen and oxygen atoms in total.